The minimum atomic E-state index is -0.0335. The Kier molecular flexibility index (Phi) is 5.69. The van der Waals surface area contributed by atoms with Crippen LogP contribution in [0.5, 0.6) is 5.75 Å². The number of rotatable bonds is 4. The number of hydrogen-bond donors (Lipinski definition) is 0. The molecule has 0 saturated heterocycles. The summed E-state index contributed by atoms with van der Waals surface area (Å²) in [5.41, 5.74) is 6.02. The van der Waals surface area contributed by atoms with Crippen molar-refractivity contribution in [2.24, 2.45) is 0 Å². The van der Waals surface area contributed by atoms with E-state index in [1.165, 1.54) is 16.9 Å². The zero-order chi connectivity index (χ0) is 22.4. The lowest BCUT2D eigenvalue weighted by Crippen LogP contribution is -2.22. The van der Waals surface area contributed by atoms with Crippen LogP contribution in [0.2, 0.25) is 5.02 Å². The molecule has 0 saturated carbocycles. The van der Waals surface area contributed by atoms with Gasteiger partial charge >= 0.3 is 0 Å². The standard InChI is InChI=1S/C25H18ClIN2O2S/c1-14-9-20-21(10-15(14)2)29-24(30)23(32-25(29)28-20)12-17-5-8-22(19(27)11-17)31-13-16-3-6-18(26)7-4-16/h3-12H,13H2,1-2H3/b23-12-. The maximum Gasteiger partial charge on any atom is 0.274 e. The lowest BCUT2D eigenvalue weighted by molar-refractivity contribution is 0.304. The molecule has 0 spiro atoms. The van der Waals surface area contributed by atoms with Crippen LogP contribution in [0.3, 0.4) is 0 Å². The van der Waals surface area contributed by atoms with Gasteiger partial charge in [-0.15, -0.1) is 0 Å². The summed E-state index contributed by atoms with van der Waals surface area (Å²) >= 11 is 9.61. The molecule has 0 fully saturated rings. The molecule has 5 aromatic rings. The topological polar surface area (TPSA) is 43.6 Å². The summed E-state index contributed by atoms with van der Waals surface area (Å²) in [7, 11) is 0. The zero-order valence-electron chi connectivity index (χ0n) is 17.4. The number of hydrogen-bond acceptors (Lipinski definition) is 4. The Morgan fingerprint density at radius 2 is 1.84 bits per heavy atom. The van der Waals surface area contributed by atoms with E-state index in [4.69, 9.17) is 16.3 Å². The van der Waals surface area contributed by atoms with E-state index in [0.717, 1.165) is 42.0 Å². The highest BCUT2D eigenvalue weighted by Gasteiger charge is 2.12. The first kappa shape index (κ1) is 21.4. The van der Waals surface area contributed by atoms with Gasteiger partial charge in [-0.25, -0.2) is 9.38 Å². The van der Waals surface area contributed by atoms with Gasteiger partial charge in [-0.3, -0.25) is 4.79 Å². The summed E-state index contributed by atoms with van der Waals surface area (Å²) in [6.07, 6.45) is 1.92. The summed E-state index contributed by atoms with van der Waals surface area (Å²) in [5, 5.41) is 0.709. The molecular formula is C25H18ClIN2O2S. The van der Waals surface area contributed by atoms with Gasteiger partial charge in [-0.2, -0.15) is 0 Å². The second-order valence-electron chi connectivity index (χ2n) is 7.68. The van der Waals surface area contributed by atoms with Crippen molar-refractivity contribution in [3.8, 4) is 5.75 Å². The number of aryl methyl sites for hydroxylation is 2. The Balaban J connectivity index is 1.46. The third-order valence-corrected chi connectivity index (χ3v) is 7.48. The first-order valence-corrected chi connectivity index (χ1v) is 12.3. The Morgan fingerprint density at radius 1 is 1.09 bits per heavy atom. The number of nitrogens with zero attached hydrogens (tertiary/aromatic N) is 2. The van der Waals surface area contributed by atoms with E-state index >= 15 is 0 Å². The molecule has 2 aromatic heterocycles. The molecule has 0 radical (unpaired) electrons. The molecule has 0 aliphatic rings. The van der Waals surface area contributed by atoms with Gasteiger partial charge in [0.2, 0.25) is 0 Å². The van der Waals surface area contributed by atoms with Crippen LogP contribution in [0.1, 0.15) is 22.3 Å². The molecule has 32 heavy (non-hydrogen) atoms. The van der Waals surface area contributed by atoms with Crippen LogP contribution in [0.15, 0.2) is 59.4 Å². The molecule has 3 aromatic carbocycles. The van der Waals surface area contributed by atoms with Crippen LogP contribution in [0.4, 0.5) is 0 Å². The Morgan fingerprint density at radius 3 is 2.59 bits per heavy atom. The van der Waals surface area contributed by atoms with E-state index < -0.39 is 0 Å². The predicted octanol–water partition coefficient (Wildman–Crippen LogP) is 5.91. The van der Waals surface area contributed by atoms with Crippen molar-refractivity contribution in [2.45, 2.75) is 20.5 Å². The molecule has 0 aliphatic heterocycles. The largest absolute Gasteiger partial charge is 0.488 e. The molecule has 7 heteroatoms. The van der Waals surface area contributed by atoms with E-state index in [2.05, 4.69) is 41.4 Å². The maximum atomic E-state index is 13.1. The molecular weight excluding hydrogens is 555 g/mol. The summed E-state index contributed by atoms with van der Waals surface area (Å²) in [5.74, 6) is 0.804. The van der Waals surface area contributed by atoms with Gasteiger partial charge in [-0.1, -0.05) is 41.1 Å². The van der Waals surface area contributed by atoms with E-state index in [1.807, 2.05) is 60.7 Å². The predicted molar refractivity (Wildman–Crippen MR) is 140 cm³/mol. The fourth-order valence-corrected chi connectivity index (χ4v) is 5.34. The van der Waals surface area contributed by atoms with E-state index in [1.54, 1.807) is 4.40 Å². The van der Waals surface area contributed by atoms with Crippen molar-refractivity contribution in [1.82, 2.24) is 9.38 Å². The lowest BCUT2D eigenvalue weighted by Gasteiger charge is -2.09. The minimum Gasteiger partial charge on any atom is -0.488 e. The van der Waals surface area contributed by atoms with Crippen molar-refractivity contribution in [3.05, 3.63) is 100 Å². The van der Waals surface area contributed by atoms with Gasteiger partial charge in [0.1, 0.15) is 12.4 Å². The zero-order valence-corrected chi connectivity index (χ0v) is 21.1. The average Bonchev–Trinajstić information content (AvgIpc) is 3.25. The smallest absolute Gasteiger partial charge is 0.274 e. The molecule has 0 N–H and O–H groups in total. The van der Waals surface area contributed by atoms with Crippen molar-refractivity contribution in [1.29, 1.82) is 0 Å². The fourth-order valence-electron chi connectivity index (χ4n) is 3.54. The molecule has 4 nitrogen and oxygen atoms in total. The number of imidazole rings is 1. The van der Waals surface area contributed by atoms with Crippen molar-refractivity contribution in [3.63, 3.8) is 0 Å². The molecule has 0 aliphatic carbocycles. The van der Waals surface area contributed by atoms with E-state index in [-0.39, 0.29) is 5.56 Å². The van der Waals surface area contributed by atoms with Gasteiger partial charge in [0, 0.05) is 5.02 Å². The van der Waals surface area contributed by atoms with Gasteiger partial charge in [0.25, 0.3) is 5.56 Å². The van der Waals surface area contributed by atoms with Crippen molar-refractivity contribution >= 4 is 67.6 Å². The molecule has 160 valence electrons. The summed E-state index contributed by atoms with van der Waals surface area (Å²) in [6, 6.07) is 17.6. The summed E-state index contributed by atoms with van der Waals surface area (Å²) in [6.45, 7) is 4.58. The molecule has 0 atom stereocenters. The maximum absolute atomic E-state index is 13.1. The lowest BCUT2D eigenvalue weighted by atomic mass is 10.1. The van der Waals surface area contributed by atoms with Gasteiger partial charge in [-0.05, 0) is 101 Å². The Labute approximate surface area is 207 Å². The SMILES string of the molecule is Cc1cc2nc3s/c(=C\c4ccc(OCc5ccc(Cl)cc5)c(I)c4)c(=O)n3c2cc1C. The van der Waals surface area contributed by atoms with Crippen molar-refractivity contribution in [2.75, 3.05) is 0 Å². The molecule has 5 rings (SSSR count). The first-order chi connectivity index (χ1) is 15.4. The van der Waals surface area contributed by atoms with Crippen LogP contribution >= 0.6 is 45.5 Å². The van der Waals surface area contributed by atoms with Crippen LogP contribution < -0.4 is 14.8 Å². The van der Waals surface area contributed by atoms with Crippen LogP contribution in [-0.2, 0) is 6.61 Å². The van der Waals surface area contributed by atoms with E-state index in [0.29, 0.717) is 16.2 Å². The quantitative estimate of drug-likeness (QED) is 0.252. The van der Waals surface area contributed by atoms with Gasteiger partial charge in [0.05, 0.1) is 19.1 Å². The van der Waals surface area contributed by atoms with E-state index in [9.17, 15) is 4.79 Å². The van der Waals surface area contributed by atoms with Gasteiger partial charge in [0.15, 0.2) is 4.96 Å². The van der Waals surface area contributed by atoms with Crippen LogP contribution in [0, 0.1) is 17.4 Å². The van der Waals surface area contributed by atoms with Crippen LogP contribution in [0.25, 0.3) is 22.1 Å². The highest BCUT2D eigenvalue weighted by molar-refractivity contribution is 14.1. The molecule has 0 amide bonds. The normalized spacial score (nSPS) is 12.2. The van der Waals surface area contributed by atoms with Crippen molar-refractivity contribution < 1.29 is 4.74 Å². The first-order valence-electron chi connectivity index (χ1n) is 10.00. The summed E-state index contributed by atoms with van der Waals surface area (Å²) < 4.78 is 9.32. The number of thiazole rings is 1. The second kappa shape index (κ2) is 8.50. The molecule has 2 heterocycles. The highest BCUT2D eigenvalue weighted by atomic mass is 127. The number of benzene rings is 3. The second-order valence-corrected chi connectivity index (χ2v) is 10.3. The number of ether oxygens (including phenoxy) is 1. The average molecular weight is 573 g/mol. The summed E-state index contributed by atoms with van der Waals surface area (Å²) in [4.78, 5) is 18.5. The Bertz CT molecular complexity index is 1590. The number of fused-ring (bicyclic) bond motifs is 3. The minimum absolute atomic E-state index is 0.0335. The van der Waals surface area contributed by atoms with Crippen LogP contribution in [-0.4, -0.2) is 9.38 Å². The number of halogens is 2. The molecule has 0 unspecified atom stereocenters. The van der Waals surface area contributed by atoms with Gasteiger partial charge < -0.3 is 4.74 Å². The monoisotopic (exact) mass is 572 g/mol. The molecule has 0 bridgehead atoms. The fraction of sp³-hybridized carbons (Fsp3) is 0.120. The third kappa shape index (κ3) is 4.02. The highest BCUT2D eigenvalue weighted by Crippen LogP contribution is 2.24. The third-order valence-electron chi connectivity index (χ3n) is 5.42. The number of aromatic nitrogens is 2. The Hall–Kier alpha value is -2.42.